The smallest absolute Gasteiger partial charge is 0.308 e. The molecule has 0 bridgehead atoms. The van der Waals surface area contributed by atoms with E-state index in [1.165, 1.54) is 0 Å². The maximum atomic E-state index is 12.5. The molecule has 1 aliphatic carbocycles. The lowest BCUT2D eigenvalue weighted by Crippen LogP contribution is -2.55. The molecule has 1 amide bonds. The van der Waals surface area contributed by atoms with Crippen molar-refractivity contribution in [1.29, 1.82) is 0 Å². The van der Waals surface area contributed by atoms with Crippen molar-refractivity contribution in [3.63, 3.8) is 0 Å². The van der Waals surface area contributed by atoms with Crippen molar-refractivity contribution in [2.75, 3.05) is 0 Å². The Morgan fingerprint density at radius 3 is 2.50 bits per heavy atom. The van der Waals surface area contributed by atoms with Gasteiger partial charge in [0.15, 0.2) is 0 Å². The van der Waals surface area contributed by atoms with Gasteiger partial charge in [0.25, 0.3) is 0 Å². The van der Waals surface area contributed by atoms with E-state index in [-0.39, 0.29) is 5.91 Å². The highest BCUT2D eigenvalue weighted by Crippen LogP contribution is 2.34. The van der Waals surface area contributed by atoms with E-state index < -0.39 is 17.4 Å². The molecule has 1 aromatic rings. The summed E-state index contributed by atoms with van der Waals surface area (Å²) in [5, 5.41) is 12.4. The molecule has 4 heteroatoms. The fourth-order valence-corrected chi connectivity index (χ4v) is 3.53. The largest absolute Gasteiger partial charge is 0.481 e. The van der Waals surface area contributed by atoms with Crippen molar-refractivity contribution in [3.05, 3.63) is 34.9 Å². The van der Waals surface area contributed by atoms with Gasteiger partial charge in [-0.25, -0.2) is 0 Å². The van der Waals surface area contributed by atoms with Crippen LogP contribution in [0.5, 0.6) is 0 Å². The number of aliphatic carboxylic acids is 1. The molecule has 0 saturated heterocycles. The number of hydrogen-bond acceptors (Lipinski definition) is 2. The van der Waals surface area contributed by atoms with E-state index in [2.05, 4.69) is 5.32 Å². The number of rotatable bonds is 4. The predicted octanol–water partition coefficient (Wildman–Crippen LogP) is 3.00. The Kier molecular flexibility index (Phi) is 4.89. The number of carbonyl (C=O) groups is 2. The lowest BCUT2D eigenvalue weighted by Gasteiger charge is -2.40. The van der Waals surface area contributed by atoms with E-state index in [1.807, 2.05) is 39.0 Å². The van der Waals surface area contributed by atoms with Gasteiger partial charge in [0.2, 0.25) is 5.91 Å². The number of carbonyl (C=O) groups excluding carboxylic acids is 1. The number of carboxylic acid groups (broad SMARTS) is 1. The summed E-state index contributed by atoms with van der Waals surface area (Å²) >= 11 is 0. The first-order valence-electron chi connectivity index (χ1n) is 7.92. The zero-order valence-corrected chi connectivity index (χ0v) is 13.6. The standard InChI is InChI=1S/C18H25NO3/c1-12-7-6-8-13(2)14(12)11-16(20)19-18(3)10-5-4-9-15(18)17(21)22/h6-8,15H,4-5,9-11H2,1-3H3,(H,19,20)(H,21,22). The summed E-state index contributed by atoms with van der Waals surface area (Å²) in [6, 6.07) is 5.98. The number of benzene rings is 1. The molecule has 1 fully saturated rings. The number of aryl methyl sites for hydroxylation is 2. The van der Waals surface area contributed by atoms with E-state index in [1.54, 1.807) is 0 Å². The van der Waals surface area contributed by atoms with Gasteiger partial charge in [-0.05, 0) is 50.3 Å². The molecule has 2 atom stereocenters. The molecule has 0 aromatic heterocycles. The Hall–Kier alpha value is -1.84. The third-order valence-electron chi connectivity index (χ3n) is 4.91. The average Bonchev–Trinajstić information content (AvgIpc) is 2.42. The lowest BCUT2D eigenvalue weighted by molar-refractivity contribution is -0.146. The second-order valence-electron chi connectivity index (χ2n) is 6.65. The van der Waals surface area contributed by atoms with Gasteiger partial charge >= 0.3 is 5.97 Å². The number of nitrogens with one attached hydrogen (secondary N) is 1. The molecule has 1 saturated carbocycles. The van der Waals surface area contributed by atoms with Crippen LogP contribution in [0.2, 0.25) is 0 Å². The summed E-state index contributed by atoms with van der Waals surface area (Å²) in [6.45, 7) is 5.86. The molecule has 0 spiro atoms. The first-order valence-corrected chi connectivity index (χ1v) is 7.92. The first kappa shape index (κ1) is 16.5. The molecule has 1 aliphatic rings. The highest BCUT2D eigenvalue weighted by molar-refractivity contribution is 5.81. The van der Waals surface area contributed by atoms with Crippen LogP contribution in [0.25, 0.3) is 0 Å². The van der Waals surface area contributed by atoms with Crippen LogP contribution in [-0.4, -0.2) is 22.5 Å². The minimum Gasteiger partial charge on any atom is -0.481 e. The van der Waals surface area contributed by atoms with Crippen molar-refractivity contribution in [2.45, 2.75) is 58.4 Å². The van der Waals surface area contributed by atoms with Crippen molar-refractivity contribution in [3.8, 4) is 0 Å². The number of carboxylic acids is 1. The molecular formula is C18H25NO3. The molecule has 0 aliphatic heterocycles. The molecule has 0 radical (unpaired) electrons. The monoisotopic (exact) mass is 303 g/mol. The summed E-state index contributed by atoms with van der Waals surface area (Å²) in [4.78, 5) is 23.9. The van der Waals surface area contributed by atoms with Crippen molar-refractivity contribution in [2.24, 2.45) is 5.92 Å². The molecule has 22 heavy (non-hydrogen) atoms. The molecule has 2 unspecified atom stereocenters. The van der Waals surface area contributed by atoms with Crippen LogP contribution in [-0.2, 0) is 16.0 Å². The van der Waals surface area contributed by atoms with E-state index in [9.17, 15) is 14.7 Å². The summed E-state index contributed by atoms with van der Waals surface area (Å²) in [6.07, 6.45) is 3.54. The van der Waals surface area contributed by atoms with Crippen molar-refractivity contribution in [1.82, 2.24) is 5.32 Å². The minimum atomic E-state index is -0.811. The van der Waals surface area contributed by atoms with Crippen LogP contribution in [0.1, 0.15) is 49.3 Å². The molecule has 120 valence electrons. The number of hydrogen-bond donors (Lipinski definition) is 2. The molecule has 0 heterocycles. The van der Waals surface area contributed by atoms with Crippen LogP contribution in [0, 0.1) is 19.8 Å². The number of amides is 1. The minimum absolute atomic E-state index is 0.0898. The SMILES string of the molecule is Cc1cccc(C)c1CC(=O)NC1(C)CCCCC1C(=O)O. The second kappa shape index (κ2) is 6.51. The van der Waals surface area contributed by atoms with Gasteiger partial charge in [0.1, 0.15) is 0 Å². The Bertz CT molecular complexity index is 561. The third-order valence-corrected chi connectivity index (χ3v) is 4.91. The zero-order valence-electron chi connectivity index (χ0n) is 13.6. The second-order valence-corrected chi connectivity index (χ2v) is 6.65. The summed E-state index contributed by atoms with van der Waals surface area (Å²) in [7, 11) is 0. The zero-order chi connectivity index (χ0) is 16.3. The fraction of sp³-hybridized carbons (Fsp3) is 0.556. The average molecular weight is 303 g/mol. The molecule has 4 nitrogen and oxygen atoms in total. The van der Waals surface area contributed by atoms with E-state index in [0.29, 0.717) is 12.8 Å². The van der Waals surface area contributed by atoms with Gasteiger partial charge in [0.05, 0.1) is 17.9 Å². The first-order chi connectivity index (χ1) is 10.3. The van der Waals surface area contributed by atoms with Gasteiger partial charge in [-0.3, -0.25) is 9.59 Å². The van der Waals surface area contributed by atoms with Crippen LogP contribution in [0.3, 0.4) is 0 Å². The molecule has 1 aromatic carbocycles. The molecule has 2 rings (SSSR count). The lowest BCUT2D eigenvalue weighted by atomic mass is 9.73. The van der Waals surface area contributed by atoms with Gasteiger partial charge in [-0.2, -0.15) is 0 Å². The predicted molar refractivity (Wildman–Crippen MR) is 85.8 cm³/mol. The molecular weight excluding hydrogens is 278 g/mol. The van der Waals surface area contributed by atoms with Gasteiger partial charge < -0.3 is 10.4 Å². The van der Waals surface area contributed by atoms with E-state index in [4.69, 9.17) is 0 Å². The van der Waals surface area contributed by atoms with Gasteiger partial charge in [0, 0.05) is 0 Å². The van der Waals surface area contributed by atoms with Crippen LogP contribution >= 0.6 is 0 Å². The van der Waals surface area contributed by atoms with Gasteiger partial charge in [-0.15, -0.1) is 0 Å². The van der Waals surface area contributed by atoms with Crippen molar-refractivity contribution >= 4 is 11.9 Å². The summed E-state index contributed by atoms with van der Waals surface area (Å²) in [5.74, 6) is -1.40. The highest BCUT2D eigenvalue weighted by Gasteiger charge is 2.42. The van der Waals surface area contributed by atoms with Crippen LogP contribution in [0.15, 0.2) is 18.2 Å². The molecule has 2 N–H and O–H groups in total. The normalized spacial score (nSPS) is 24.8. The summed E-state index contributed by atoms with van der Waals surface area (Å²) < 4.78 is 0. The fourth-order valence-electron chi connectivity index (χ4n) is 3.53. The Morgan fingerprint density at radius 1 is 1.27 bits per heavy atom. The van der Waals surface area contributed by atoms with E-state index >= 15 is 0 Å². The van der Waals surface area contributed by atoms with Crippen molar-refractivity contribution < 1.29 is 14.7 Å². The maximum absolute atomic E-state index is 12.5. The van der Waals surface area contributed by atoms with Crippen LogP contribution < -0.4 is 5.32 Å². The Morgan fingerprint density at radius 2 is 1.91 bits per heavy atom. The maximum Gasteiger partial charge on any atom is 0.308 e. The van der Waals surface area contributed by atoms with E-state index in [0.717, 1.165) is 36.0 Å². The van der Waals surface area contributed by atoms with Gasteiger partial charge in [-0.1, -0.05) is 31.0 Å². The Labute approximate surface area is 131 Å². The van der Waals surface area contributed by atoms with Crippen LogP contribution in [0.4, 0.5) is 0 Å². The quantitative estimate of drug-likeness (QED) is 0.898. The Balaban J connectivity index is 2.12. The third kappa shape index (κ3) is 3.49. The summed E-state index contributed by atoms with van der Waals surface area (Å²) in [5.41, 5.74) is 2.58. The highest BCUT2D eigenvalue weighted by atomic mass is 16.4. The topological polar surface area (TPSA) is 66.4 Å².